The fourth-order valence-electron chi connectivity index (χ4n) is 2.29. The Hall–Kier alpha value is -2.80. The van der Waals surface area contributed by atoms with Gasteiger partial charge in [0.2, 0.25) is 5.91 Å². The van der Waals surface area contributed by atoms with E-state index >= 15 is 0 Å². The molecule has 3 aromatic rings. The third-order valence-electron chi connectivity index (χ3n) is 3.58. The lowest BCUT2D eigenvalue weighted by atomic mass is 10.1. The Bertz CT molecular complexity index is 838. The van der Waals surface area contributed by atoms with Crippen molar-refractivity contribution in [2.45, 2.75) is 19.4 Å². The van der Waals surface area contributed by atoms with Gasteiger partial charge in [0.25, 0.3) is 0 Å². The Morgan fingerprint density at radius 1 is 1.23 bits per heavy atom. The number of nitrogens with one attached hydrogen (secondary N) is 1. The summed E-state index contributed by atoms with van der Waals surface area (Å²) in [5.74, 6) is 0.310. The highest BCUT2D eigenvalue weighted by Crippen LogP contribution is 2.14. The molecule has 5 nitrogen and oxygen atoms in total. The molecule has 1 aromatic carbocycles. The van der Waals surface area contributed by atoms with E-state index in [1.807, 2.05) is 17.5 Å². The van der Waals surface area contributed by atoms with Crippen LogP contribution in [0.15, 0.2) is 54.2 Å². The number of carbonyl (C=O) groups is 1. The zero-order chi connectivity index (χ0) is 18.2. The largest absolute Gasteiger partial charge is 0.485 e. The number of amides is 1. The highest BCUT2D eigenvalue weighted by atomic mass is 32.1. The van der Waals surface area contributed by atoms with Crippen molar-refractivity contribution in [1.29, 1.82) is 0 Å². The quantitative estimate of drug-likeness (QED) is 0.661. The van der Waals surface area contributed by atoms with Crippen LogP contribution in [0.2, 0.25) is 0 Å². The van der Waals surface area contributed by atoms with Gasteiger partial charge in [0.05, 0.1) is 18.3 Å². The van der Waals surface area contributed by atoms with Crippen molar-refractivity contribution < 1.29 is 13.9 Å². The van der Waals surface area contributed by atoms with Gasteiger partial charge in [-0.25, -0.2) is 9.37 Å². The molecule has 1 amide bonds. The Kier molecular flexibility index (Phi) is 6.27. The molecule has 7 heteroatoms. The lowest BCUT2D eigenvalue weighted by Crippen LogP contribution is -2.27. The number of carbonyl (C=O) groups excluding carboxylic acids is 1. The molecule has 0 radical (unpaired) electrons. The van der Waals surface area contributed by atoms with Crippen LogP contribution >= 0.6 is 11.3 Å². The van der Waals surface area contributed by atoms with Gasteiger partial charge in [-0.2, -0.15) is 0 Å². The number of halogens is 1. The molecule has 0 atom stereocenters. The maximum Gasteiger partial charge on any atom is 0.224 e. The number of hydrogen-bond donors (Lipinski definition) is 1. The standard InChI is InChI=1S/C19H18FN3O2S/c20-15-5-3-14(4-6-15)10-18(24)22-9-7-16-13-26-19(23-16)12-25-17-2-1-8-21-11-17/h1-6,8,11,13H,7,9-10,12H2,(H,22,24). The van der Waals surface area contributed by atoms with Crippen LogP contribution in [-0.2, 0) is 24.2 Å². The van der Waals surface area contributed by atoms with E-state index < -0.39 is 0 Å². The van der Waals surface area contributed by atoms with Crippen LogP contribution in [0.25, 0.3) is 0 Å². The highest BCUT2D eigenvalue weighted by molar-refractivity contribution is 7.09. The number of pyridine rings is 1. The first kappa shape index (κ1) is 18.0. The molecule has 3 rings (SSSR count). The van der Waals surface area contributed by atoms with Crippen molar-refractivity contribution in [3.8, 4) is 5.75 Å². The molecular formula is C19H18FN3O2S. The monoisotopic (exact) mass is 371 g/mol. The number of nitrogens with zero attached hydrogens (tertiary/aromatic N) is 2. The summed E-state index contributed by atoms with van der Waals surface area (Å²) in [6.07, 6.45) is 4.24. The number of rotatable bonds is 8. The zero-order valence-corrected chi connectivity index (χ0v) is 14.8. The second-order valence-electron chi connectivity index (χ2n) is 5.61. The van der Waals surface area contributed by atoms with Gasteiger partial charge < -0.3 is 10.1 Å². The van der Waals surface area contributed by atoms with E-state index in [1.165, 1.54) is 23.5 Å². The predicted molar refractivity (Wildman–Crippen MR) is 97.5 cm³/mol. The zero-order valence-electron chi connectivity index (χ0n) is 14.0. The fraction of sp³-hybridized carbons (Fsp3) is 0.211. The van der Waals surface area contributed by atoms with Crippen molar-refractivity contribution in [3.05, 3.63) is 76.3 Å². The molecule has 0 aliphatic rings. The summed E-state index contributed by atoms with van der Waals surface area (Å²) < 4.78 is 18.5. The third kappa shape index (κ3) is 5.63. The Labute approximate surface area is 154 Å². The van der Waals surface area contributed by atoms with Crippen LogP contribution in [-0.4, -0.2) is 22.4 Å². The molecule has 2 aromatic heterocycles. The molecule has 0 saturated carbocycles. The Morgan fingerprint density at radius 2 is 2.08 bits per heavy atom. The van der Waals surface area contributed by atoms with E-state index in [1.54, 1.807) is 24.5 Å². The van der Waals surface area contributed by atoms with Gasteiger partial charge in [0.15, 0.2) is 0 Å². The smallest absolute Gasteiger partial charge is 0.224 e. The first-order valence-corrected chi connectivity index (χ1v) is 9.04. The normalized spacial score (nSPS) is 10.5. The Balaban J connectivity index is 1.39. The minimum atomic E-state index is -0.305. The lowest BCUT2D eigenvalue weighted by molar-refractivity contribution is -0.120. The van der Waals surface area contributed by atoms with Crippen LogP contribution in [0.1, 0.15) is 16.3 Å². The Morgan fingerprint density at radius 3 is 2.85 bits per heavy atom. The van der Waals surface area contributed by atoms with Crippen molar-refractivity contribution in [2.24, 2.45) is 0 Å². The van der Waals surface area contributed by atoms with Crippen molar-refractivity contribution in [3.63, 3.8) is 0 Å². The summed E-state index contributed by atoms with van der Waals surface area (Å²) in [6, 6.07) is 9.60. The molecule has 0 saturated heterocycles. The fourth-order valence-corrected chi connectivity index (χ4v) is 3.03. The van der Waals surface area contributed by atoms with Gasteiger partial charge in [-0.05, 0) is 29.8 Å². The number of hydrogen-bond acceptors (Lipinski definition) is 5. The van der Waals surface area contributed by atoms with Crippen LogP contribution in [0.3, 0.4) is 0 Å². The van der Waals surface area contributed by atoms with Crippen LogP contribution in [0.5, 0.6) is 5.75 Å². The van der Waals surface area contributed by atoms with Gasteiger partial charge in [-0.3, -0.25) is 9.78 Å². The summed E-state index contributed by atoms with van der Waals surface area (Å²) in [4.78, 5) is 20.4. The van der Waals surface area contributed by atoms with E-state index in [9.17, 15) is 9.18 Å². The van der Waals surface area contributed by atoms with Crippen LogP contribution in [0.4, 0.5) is 4.39 Å². The van der Waals surface area contributed by atoms with E-state index in [0.717, 1.165) is 16.3 Å². The number of ether oxygens (including phenoxy) is 1. The topological polar surface area (TPSA) is 64.1 Å². The van der Waals surface area contributed by atoms with Gasteiger partial charge >= 0.3 is 0 Å². The first-order chi connectivity index (χ1) is 12.7. The van der Waals surface area contributed by atoms with Gasteiger partial charge in [0, 0.05) is 24.5 Å². The van der Waals surface area contributed by atoms with Crippen LogP contribution < -0.4 is 10.1 Å². The summed E-state index contributed by atoms with van der Waals surface area (Å²) in [6.45, 7) is 0.903. The average Bonchev–Trinajstić information content (AvgIpc) is 3.11. The van der Waals surface area contributed by atoms with E-state index in [2.05, 4.69) is 15.3 Å². The maximum absolute atomic E-state index is 12.8. The molecule has 2 heterocycles. The summed E-state index contributed by atoms with van der Waals surface area (Å²) in [5, 5.41) is 5.70. The second kappa shape index (κ2) is 9.05. The molecule has 0 aliphatic carbocycles. The van der Waals surface area contributed by atoms with E-state index in [4.69, 9.17) is 4.74 Å². The lowest BCUT2D eigenvalue weighted by Gasteiger charge is -2.04. The minimum absolute atomic E-state index is 0.0908. The van der Waals surface area contributed by atoms with Crippen molar-refractivity contribution in [2.75, 3.05) is 6.54 Å². The second-order valence-corrected chi connectivity index (χ2v) is 6.56. The number of benzene rings is 1. The predicted octanol–water partition coefficient (Wildman–Crippen LogP) is 3.16. The molecule has 0 fully saturated rings. The van der Waals surface area contributed by atoms with Gasteiger partial charge in [-0.1, -0.05) is 12.1 Å². The van der Waals surface area contributed by atoms with Crippen molar-refractivity contribution >= 4 is 17.2 Å². The molecule has 0 aliphatic heterocycles. The molecule has 26 heavy (non-hydrogen) atoms. The number of thiazole rings is 1. The van der Waals surface area contributed by atoms with E-state index in [0.29, 0.717) is 25.3 Å². The molecular weight excluding hydrogens is 353 g/mol. The average molecular weight is 371 g/mol. The SMILES string of the molecule is O=C(Cc1ccc(F)cc1)NCCc1csc(COc2cccnc2)n1. The molecule has 134 valence electrons. The first-order valence-electron chi connectivity index (χ1n) is 8.16. The summed E-state index contributed by atoms with van der Waals surface area (Å²) in [5.41, 5.74) is 1.70. The minimum Gasteiger partial charge on any atom is -0.485 e. The molecule has 0 bridgehead atoms. The maximum atomic E-state index is 12.8. The van der Waals surface area contributed by atoms with Crippen molar-refractivity contribution in [1.82, 2.24) is 15.3 Å². The van der Waals surface area contributed by atoms with Gasteiger partial charge in [0.1, 0.15) is 23.2 Å². The highest BCUT2D eigenvalue weighted by Gasteiger charge is 2.06. The summed E-state index contributed by atoms with van der Waals surface area (Å²) >= 11 is 1.53. The third-order valence-corrected chi connectivity index (χ3v) is 4.45. The summed E-state index contributed by atoms with van der Waals surface area (Å²) in [7, 11) is 0. The van der Waals surface area contributed by atoms with E-state index in [-0.39, 0.29) is 18.1 Å². The molecule has 0 unspecified atom stereocenters. The molecule has 0 spiro atoms. The molecule has 1 N–H and O–H groups in total. The number of aromatic nitrogens is 2. The van der Waals surface area contributed by atoms with Crippen LogP contribution in [0, 0.1) is 5.82 Å². The van der Waals surface area contributed by atoms with Gasteiger partial charge in [-0.15, -0.1) is 11.3 Å².